The molecule has 0 fully saturated rings. The van der Waals surface area contributed by atoms with Gasteiger partial charge in [0, 0.05) is 12.2 Å². The van der Waals surface area contributed by atoms with Gasteiger partial charge in [-0.25, -0.2) is 0 Å². The minimum Gasteiger partial charge on any atom is -0.388 e. The highest BCUT2D eigenvalue weighted by atomic mass is 16.3. The summed E-state index contributed by atoms with van der Waals surface area (Å²) in [4.78, 5) is 16.3. The molecule has 1 aromatic heterocycles. The predicted octanol–water partition coefficient (Wildman–Crippen LogP) is 2.23. The molecule has 0 saturated carbocycles. The van der Waals surface area contributed by atoms with E-state index in [2.05, 4.69) is 10.3 Å². The van der Waals surface area contributed by atoms with Gasteiger partial charge in [-0.3, -0.25) is 9.78 Å². The number of aliphatic hydroxyl groups is 1. The van der Waals surface area contributed by atoms with E-state index in [1.165, 1.54) is 0 Å². The molecule has 1 heterocycles. The second-order valence-electron chi connectivity index (χ2n) is 5.43. The highest BCUT2D eigenvalue weighted by Crippen LogP contribution is 2.19. The Kier molecular flexibility index (Phi) is 5.06. The zero-order valence-corrected chi connectivity index (χ0v) is 12.4. The Balaban J connectivity index is 2.70. The predicted molar refractivity (Wildman–Crippen MR) is 76.1 cm³/mol. The third kappa shape index (κ3) is 4.03. The molecule has 0 radical (unpaired) electrons. The van der Waals surface area contributed by atoms with Crippen LogP contribution in [0.5, 0.6) is 0 Å². The van der Waals surface area contributed by atoms with Crippen LogP contribution in [0.25, 0.3) is 0 Å². The van der Waals surface area contributed by atoms with E-state index in [9.17, 15) is 9.90 Å². The van der Waals surface area contributed by atoms with E-state index in [4.69, 9.17) is 0 Å². The summed E-state index contributed by atoms with van der Waals surface area (Å²) in [6.07, 6.45) is 0.869. The third-order valence-corrected chi connectivity index (χ3v) is 3.75. The number of carbonyl (C=O) groups is 1. The fourth-order valence-corrected chi connectivity index (χ4v) is 1.89. The summed E-state index contributed by atoms with van der Waals surface area (Å²) in [5.74, 6) is -0.0568. The van der Waals surface area contributed by atoms with Gasteiger partial charge in [-0.2, -0.15) is 0 Å². The average Bonchev–Trinajstić information content (AvgIpc) is 2.35. The van der Waals surface area contributed by atoms with Crippen LogP contribution in [0.3, 0.4) is 0 Å². The topological polar surface area (TPSA) is 62.2 Å². The van der Waals surface area contributed by atoms with Gasteiger partial charge in [-0.1, -0.05) is 20.3 Å². The van der Waals surface area contributed by atoms with Gasteiger partial charge in [0.25, 0.3) is 5.91 Å². The molecule has 1 aromatic rings. The molecule has 2 atom stereocenters. The summed E-state index contributed by atoms with van der Waals surface area (Å²) in [6.45, 7) is 9.70. The second kappa shape index (κ2) is 6.15. The maximum Gasteiger partial charge on any atom is 0.253 e. The van der Waals surface area contributed by atoms with Crippen LogP contribution in [0.1, 0.15) is 48.9 Å². The monoisotopic (exact) mass is 264 g/mol. The number of amides is 1. The van der Waals surface area contributed by atoms with Crippen LogP contribution >= 0.6 is 0 Å². The minimum atomic E-state index is -0.892. The Morgan fingerprint density at radius 3 is 2.63 bits per heavy atom. The van der Waals surface area contributed by atoms with Gasteiger partial charge in [0.2, 0.25) is 0 Å². The van der Waals surface area contributed by atoms with E-state index in [0.29, 0.717) is 11.3 Å². The number of hydrogen-bond donors (Lipinski definition) is 2. The molecule has 1 amide bonds. The molecular formula is C15H24N2O2. The van der Waals surface area contributed by atoms with Gasteiger partial charge in [0.1, 0.15) is 0 Å². The summed E-state index contributed by atoms with van der Waals surface area (Å²) in [5.41, 5.74) is 1.27. The molecular weight excluding hydrogens is 240 g/mol. The quantitative estimate of drug-likeness (QED) is 0.857. The first-order valence-electron chi connectivity index (χ1n) is 6.72. The maximum absolute atomic E-state index is 12.1. The van der Waals surface area contributed by atoms with Crippen LogP contribution < -0.4 is 5.32 Å². The number of nitrogens with zero attached hydrogens (tertiary/aromatic N) is 1. The SMILES string of the molecule is CCC(C)C(C)(O)CNC(=O)c1ccc(C)nc1C. The first kappa shape index (κ1) is 15.6. The zero-order valence-electron chi connectivity index (χ0n) is 12.4. The molecule has 2 unspecified atom stereocenters. The first-order chi connectivity index (χ1) is 8.77. The van der Waals surface area contributed by atoms with Crippen LogP contribution in [0.2, 0.25) is 0 Å². The molecule has 4 heteroatoms. The van der Waals surface area contributed by atoms with Crippen LogP contribution in [0, 0.1) is 19.8 Å². The molecule has 0 spiro atoms. The van der Waals surface area contributed by atoms with Crippen molar-refractivity contribution in [2.45, 2.75) is 46.6 Å². The van der Waals surface area contributed by atoms with E-state index < -0.39 is 5.60 Å². The molecule has 19 heavy (non-hydrogen) atoms. The zero-order chi connectivity index (χ0) is 14.6. The normalized spacial score (nSPS) is 15.7. The fourth-order valence-electron chi connectivity index (χ4n) is 1.89. The van der Waals surface area contributed by atoms with Crippen molar-refractivity contribution in [3.05, 3.63) is 29.1 Å². The molecule has 0 aromatic carbocycles. The summed E-state index contributed by atoms with van der Waals surface area (Å²) in [6, 6.07) is 3.58. The van der Waals surface area contributed by atoms with E-state index in [1.54, 1.807) is 13.0 Å². The first-order valence-corrected chi connectivity index (χ1v) is 6.72. The highest BCUT2D eigenvalue weighted by Gasteiger charge is 2.27. The number of aromatic nitrogens is 1. The molecule has 0 aliphatic rings. The van der Waals surface area contributed by atoms with Crippen molar-refractivity contribution in [1.29, 1.82) is 0 Å². The van der Waals surface area contributed by atoms with Crippen molar-refractivity contribution >= 4 is 5.91 Å². The standard InChI is InChI=1S/C15H24N2O2/c1-6-10(2)15(5,19)9-16-14(18)13-8-7-11(3)17-12(13)4/h7-8,10,19H,6,9H2,1-5H3,(H,16,18). The van der Waals surface area contributed by atoms with E-state index in [-0.39, 0.29) is 18.4 Å². The number of carbonyl (C=O) groups excluding carboxylic acids is 1. The second-order valence-corrected chi connectivity index (χ2v) is 5.43. The lowest BCUT2D eigenvalue weighted by atomic mass is 9.88. The van der Waals surface area contributed by atoms with Crippen molar-refractivity contribution in [1.82, 2.24) is 10.3 Å². The third-order valence-electron chi connectivity index (χ3n) is 3.75. The summed E-state index contributed by atoms with van der Waals surface area (Å²) in [7, 11) is 0. The Bertz CT molecular complexity index is 455. The van der Waals surface area contributed by atoms with Gasteiger partial charge in [-0.15, -0.1) is 0 Å². The van der Waals surface area contributed by atoms with Crippen LogP contribution in [-0.2, 0) is 0 Å². The van der Waals surface area contributed by atoms with E-state index in [1.807, 2.05) is 33.8 Å². The average molecular weight is 264 g/mol. The van der Waals surface area contributed by atoms with Gasteiger partial charge < -0.3 is 10.4 Å². The Morgan fingerprint density at radius 2 is 2.11 bits per heavy atom. The minimum absolute atomic E-state index is 0.130. The molecule has 2 N–H and O–H groups in total. The number of hydrogen-bond acceptors (Lipinski definition) is 3. The number of nitrogens with one attached hydrogen (secondary N) is 1. The number of pyridine rings is 1. The largest absolute Gasteiger partial charge is 0.388 e. The maximum atomic E-state index is 12.1. The molecule has 0 aliphatic heterocycles. The molecule has 4 nitrogen and oxygen atoms in total. The van der Waals surface area contributed by atoms with E-state index >= 15 is 0 Å². The fraction of sp³-hybridized carbons (Fsp3) is 0.600. The smallest absolute Gasteiger partial charge is 0.253 e. The lowest BCUT2D eigenvalue weighted by molar-refractivity contribution is 0.00591. The lowest BCUT2D eigenvalue weighted by Crippen LogP contribution is -2.45. The molecule has 0 bridgehead atoms. The Hall–Kier alpha value is -1.42. The van der Waals surface area contributed by atoms with Crippen molar-refractivity contribution in [3.63, 3.8) is 0 Å². The summed E-state index contributed by atoms with van der Waals surface area (Å²) >= 11 is 0. The van der Waals surface area contributed by atoms with Crippen molar-refractivity contribution in [2.24, 2.45) is 5.92 Å². The Labute approximate surface area is 115 Å². The Morgan fingerprint density at radius 1 is 1.47 bits per heavy atom. The summed E-state index contributed by atoms with van der Waals surface area (Å²) in [5, 5.41) is 13.0. The number of aryl methyl sites for hydroxylation is 2. The molecule has 0 aliphatic carbocycles. The lowest BCUT2D eigenvalue weighted by Gasteiger charge is -2.29. The van der Waals surface area contributed by atoms with Gasteiger partial charge in [0.15, 0.2) is 0 Å². The van der Waals surface area contributed by atoms with Crippen LogP contribution in [0.15, 0.2) is 12.1 Å². The van der Waals surface area contributed by atoms with Crippen LogP contribution in [-0.4, -0.2) is 28.1 Å². The molecule has 106 valence electrons. The van der Waals surface area contributed by atoms with Crippen molar-refractivity contribution in [2.75, 3.05) is 6.54 Å². The highest BCUT2D eigenvalue weighted by molar-refractivity contribution is 5.95. The summed E-state index contributed by atoms with van der Waals surface area (Å²) < 4.78 is 0. The van der Waals surface area contributed by atoms with Crippen molar-refractivity contribution < 1.29 is 9.90 Å². The van der Waals surface area contributed by atoms with Gasteiger partial charge in [-0.05, 0) is 38.8 Å². The van der Waals surface area contributed by atoms with Crippen molar-refractivity contribution in [3.8, 4) is 0 Å². The van der Waals surface area contributed by atoms with E-state index in [0.717, 1.165) is 12.1 Å². The molecule has 0 saturated heterocycles. The number of rotatable bonds is 5. The van der Waals surface area contributed by atoms with Gasteiger partial charge >= 0.3 is 0 Å². The molecule has 1 rings (SSSR count). The van der Waals surface area contributed by atoms with Crippen LogP contribution in [0.4, 0.5) is 0 Å². The van der Waals surface area contributed by atoms with Gasteiger partial charge in [0.05, 0.1) is 16.9 Å².